The minimum absolute atomic E-state index is 0.0614. The van der Waals surface area contributed by atoms with E-state index in [4.69, 9.17) is 5.11 Å². The van der Waals surface area contributed by atoms with Gasteiger partial charge in [0.1, 0.15) is 6.04 Å². The Bertz CT molecular complexity index is 456. The summed E-state index contributed by atoms with van der Waals surface area (Å²) in [6.45, 7) is 1.93. The highest BCUT2D eigenvalue weighted by molar-refractivity contribution is 7.10. The van der Waals surface area contributed by atoms with E-state index in [-0.39, 0.29) is 18.0 Å². The van der Waals surface area contributed by atoms with Crippen LogP contribution in [0.4, 0.5) is 4.79 Å². The number of carbonyl (C=O) groups is 2. The zero-order valence-corrected chi connectivity index (χ0v) is 11.8. The Morgan fingerprint density at radius 3 is 2.68 bits per heavy atom. The van der Waals surface area contributed by atoms with Gasteiger partial charge in [-0.2, -0.15) is 0 Å². The van der Waals surface area contributed by atoms with Gasteiger partial charge < -0.3 is 15.3 Å². The Morgan fingerprint density at radius 2 is 2.21 bits per heavy atom. The predicted octanol–water partition coefficient (Wildman–Crippen LogP) is 2.31. The molecule has 1 aromatic heterocycles. The number of carbonyl (C=O) groups excluding carboxylic acids is 1. The lowest BCUT2D eigenvalue weighted by molar-refractivity contribution is -0.139. The van der Waals surface area contributed by atoms with Crippen LogP contribution in [-0.4, -0.2) is 35.1 Å². The van der Waals surface area contributed by atoms with Crippen molar-refractivity contribution in [2.75, 3.05) is 7.05 Å². The molecule has 2 atom stereocenters. The van der Waals surface area contributed by atoms with Gasteiger partial charge >= 0.3 is 12.0 Å². The zero-order valence-electron chi connectivity index (χ0n) is 11.0. The van der Waals surface area contributed by atoms with Gasteiger partial charge in [0.25, 0.3) is 0 Å². The van der Waals surface area contributed by atoms with E-state index in [1.165, 1.54) is 0 Å². The molecule has 1 aliphatic rings. The van der Waals surface area contributed by atoms with Crippen molar-refractivity contribution < 1.29 is 14.7 Å². The van der Waals surface area contributed by atoms with Gasteiger partial charge in [-0.25, -0.2) is 9.59 Å². The van der Waals surface area contributed by atoms with Gasteiger partial charge in [-0.15, -0.1) is 11.3 Å². The molecule has 0 aliphatic heterocycles. The first kappa shape index (κ1) is 13.9. The van der Waals surface area contributed by atoms with E-state index in [0.717, 1.165) is 17.7 Å². The number of urea groups is 1. The molecule has 2 rings (SSSR count). The Morgan fingerprint density at radius 1 is 1.53 bits per heavy atom. The lowest BCUT2D eigenvalue weighted by Crippen LogP contribution is -2.48. The van der Waals surface area contributed by atoms with Crippen molar-refractivity contribution >= 4 is 23.3 Å². The van der Waals surface area contributed by atoms with E-state index in [0.29, 0.717) is 0 Å². The van der Waals surface area contributed by atoms with Gasteiger partial charge in [-0.05, 0) is 37.1 Å². The fraction of sp³-hybridized carbons (Fsp3) is 0.538. The van der Waals surface area contributed by atoms with Crippen molar-refractivity contribution in [3.63, 3.8) is 0 Å². The molecular weight excluding hydrogens is 264 g/mol. The summed E-state index contributed by atoms with van der Waals surface area (Å²) in [5.41, 5.74) is 0. The van der Waals surface area contributed by atoms with Crippen LogP contribution in [0, 0.1) is 5.92 Å². The number of carboxylic acids is 1. The minimum Gasteiger partial charge on any atom is -0.480 e. The summed E-state index contributed by atoms with van der Waals surface area (Å²) in [5.74, 6) is -0.861. The van der Waals surface area contributed by atoms with Crippen molar-refractivity contribution in [3.8, 4) is 0 Å². The van der Waals surface area contributed by atoms with Crippen molar-refractivity contribution in [1.29, 1.82) is 0 Å². The second kappa shape index (κ2) is 5.61. The van der Waals surface area contributed by atoms with Gasteiger partial charge in [-0.3, -0.25) is 0 Å². The molecule has 1 aliphatic carbocycles. The van der Waals surface area contributed by atoms with Crippen LogP contribution in [0.3, 0.4) is 0 Å². The molecule has 0 spiro atoms. The van der Waals surface area contributed by atoms with Gasteiger partial charge in [0.15, 0.2) is 0 Å². The number of carboxylic acid groups (broad SMARTS) is 1. The second-order valence-corrected chi connectivity index (χ2v) is 5.88. The first-order valence-corrected chi connectivity index (χ1v) is 7.18. The first-order valence-electron chi connectivity index (χ1n) is 6.30. The summed E-state index contributed by atoms with van der Waals surface area (Å²) >= 11 is 1.58. The highest BCUT2D eigenvalue weighted by atomic mass is 32.1. The predicted molar refractivity (Wildman–Crippen MR) is 73.2 cm³/mol. The number of aliphatic carboxylic acids is 1. The summed E-state index contributed by atoms with van der Waals surface area (Å²) in [4.78, 5) is 25.8. The standard InChI is InChI=1S/C13H18N2O3S/c1-8(10-4-3-7-19-10)15(2)13(18)14-11(12(16)17)9-5-6-9/h3-4,7-9,11H,5-6H2,1-2H3,(H,14,18)(H,16,17). The summed E-state index contributed by atoms with van der Waals surface area (Å²) in [5, 5.41) is 13.7. The number of thiophene rings is 1. The molecule has 0 aromatic carbocycles. The minimum atomic E-state index is -0.951. The molecule has 2 amide bonds. The summed E-state index contributed by atoms with van der Waals surface area (Å²) in [6, 6.07) is 2.75. The van der Waals surface area contributed by atoms with Crippen LogP contribution in [-0.2, 0) is 4.79 Å². The van der Waals surface area contributed by atoms with E-state index in [9.17, 15) is 9.59 Å². The fourth-order valence-electron chi connectivity index (χ4n) is 1.94. The Hall–Kier alpha value is -1.56. The molecule has 2 N–H and O–H groups in total. The SMILES string of the molecule is CC(c1cccs1)N(C)C(=O)NC(C(=O)O)C1CC1. The molecular formula is C13H18N2O3S. The van der Waals surface area contributed by atoms with Crippen LogP contribution in [0.25, 0.3) is 0 Å². The second-order valence-electron chi connectivity index (χ2n) is 4.91. The van der Waals surface area contributed by atoms with Crippen molar-refractivity contribution in [3.05, 3.63) is 22.4 Å². The van der Waals surface area contributed by atoms with E-state index in [2.05, 4.69) is 5.32 Å². The molecule has 0 bridgehead atoms. The van der Waals surface area contributed by atoms with Crippen LogP contribution in [0.2, 0.25) is 0 Å². The van der Waals surface area contributed by atoms with Gasteiger partial charge in [0.05, 0.1) is 6.04 Å². The van der Waals surface area contributed by atoms with Gasteiger partial charge in [0, 0.05) is 11.9 Å². The summed E-state index contributed by atoms with van der Waals surface area (Å²) in [7, 11) is 1.69. The Balaban J connectivity index is 1.96. The van der Waals surface area contributed by atoms with Crippen LogP contribution in [0.5, 0.6) is 0 Å². The lowest BCUT2D eigenvalue weighted by atomic mass is 10.2. The van der Waals surface area contributed by atoms with Crippen molar-refractivity contribution in [2.45, 2.75) is 31.8 Å². The largest absolute Gasteiger partial charge is 0.480 e. The number of rotatable bonds is 5. The average Bonchev–Trinajstić information content (AvgIpc) is 3.06. The molecule has 1 fully saturated rings. The fourth-order valence-corrected chi connectivity index (χ4v) is 2.77. The molecule has 104 valence electrons. The van der Waals surface area contributed by atoms with E-state index >= 15 is 0 Å². The topological polar surface area (TPSA) is 69.6 Å². The number of nitrogens with zero attached hydrogens (tertiary/aromatic N) is 1. The zero-order chi connectivity index (χ0) is 14.0. The third kappa shape index (κ3) is 3.26. The van der Waals surface area contributed by atoms with Gasteiger partial charge in [0.2, 0.25) is 0 Å². The molecule has 1 saturated carbocycles. The molecule has 1 aromatic rings. The molecule has 1 heterocycles. The maximum Gasteiger partial charge on any atom is 0.326 e. The molecule has 2 unspecified atom stereocenters. The molecule has 0 saturated heterocycles. The summed E-state index contributed by atoms with van der Waals surface area (Å²) < 4.78 is 0. The Labute approximate surface area is 116 Å². The maximum atomic E-state index is 12.1. The third-order valence-corrected chi connectivity index (χ3v) is 4.54. The number of nitrogens with one attached hydrogen (secondary N) is 1. The van der Waals surface area contributed by atoms with Crippen LogP contribution >= 0.6 is 11.3 Å². The number of hydrogen-bond donors (Lipinski definition) is 2. The highest BCUT2D eigenvalue weighted by Crippen LogP contribution is 2.33. The normalized spacial score (nSPS) is 17.6. The maximum absolute atomic E-state index is 12.1. The highest BCUT2D eigenvalue weighted by Gasteiger charge is 2.38. The summed E-state index contributed by atoms with van der Waals surface area (Å²) in [6.07, 6.45) is 1.75. The number of amides is 2. The van der Waals surface area contributed by atoms with Crippen molar-refractivity contribution in [1.82, 2.24) is 10.2 Å². The van der Waals surface area contributed by atoms with E-state index in [1.807, 2.05) is 24.4 Å². The lowest BCUT2D eigenvalue weighted by Gasteiger charge is -2.26. The van der Waals surface area contributed by atoms with E-state index < -0.39 is 12.0 Å². The quantitative estimate of drug-likeness (QED) is 0.870. The molecule has 6 heteroatoms. The smallest absolute Gasteiger partial charge is 0.326 e. The van der Waals surface area contributed by atoms with E-state index in [1.54, 1.807) is 23.3 Å². The average molecular weight is 282 g/mol. The molecule has 0 radical (unpaired) electrons. The molecule has 19 heavy (non-hydrogen) atoms. The molecule has 5 nitrogen and oxygen atoms in total. The van der Waals surface area contributed by atoms with Crippen molar-refractivity contribution in [2.24, 2.45) is 5.92 Å². The third-order valence-electron chi connectivity index (χ3n) is 3.49. The van der Waals surface area contributed by atoms with Crippen LogP contribution < -0.4 is 5.32 Å². The van der Waals surface area contributed by atoms with Crippen LogP contribution in [0.15, 0.2) is 17.5 Å². The number of hydrogen-bond acceptors (Lipinski definition) is 3. The van der Waals surface area contributed by atoms with Crippen LogP contribution in [0.1, 0.15) is 30.7 Å². The van der Waals surface area contributed by atoms with Gasteiger partial charge in [-0.1, -0.05) is 6.07 Å². The Kier molecular flexibility index (Phi) is 4.09. The monoisotopic (exact) mass is 282 g/mol. The first-order chi connectivity index (χ1) is 9.00.